The molecule has 2 aliphatic heterocycles. The number of benzene rings is 1. The van der Waals surface area contributed by atoms with Gasteiger partial charge in [0.1, 0.15) is 11.9 Å². The van der Waals surface area contributed by atoms with Crippen molar-refractivity contribution in [1.82, 2.24) is 4.90 Å². The summed E-state index contributed by atoms with van der Waals surface area (Å²) in [7, 11) is 0. The van der Waals surface area contributed by atoms with Crippen molar-refractivity contribution in [1.29, 1.82) is 0 Å². The highest BCUT2D eigenvalue weighted by molar-refractivity contribution is 6.30. The van der Waals surface area contributed by atoms with E-state index in [1.807, 2.05) is 12.1 Å². The van der Waals surface area contributed by atoms with Crippen LogP contribution >= 0.6 is 11.6 Å². The van der Waals surface area contributed by atoms with Crippen LogP contribution in [0.4, 0.5) is 4.79 Å². The normalized spacial score (nSPS) is 29.3. The summed E-state index contributed by atoms with van der Waals surface area (Å²) in [6, 6.07) is 7.55. The second-order valence-electron chi connectivity index (χ2n) is 5.24. The highest BCUT2D eigenvalue weighted by Gasteiger charge is 2.44. The number of hydrogen-bond acceptors (Lipinski definition) is 2. The number of piperidine rings is 1. The standard InChI is InChI=1S/C14H16ClNO3/c15-9-1-5-12(6-2-9)19-13-7-10-3-4-11(8-13)16(10)14(17)18/h1-2,5-6,10-11,13H,3-4,7-8H2,(H,17,18)/t10-,11+,13?. The Morgan fingerprint density at radius 1 is 1.21 bits per heavy atom. The van der Waals surface area contributed by atoms with Gasteiger partial charge in [-0.2, -0.15) is 0 Å². The maximum atomic E-state index is 11.2. The Hall–Kier alpha value is -1.42. The summed E-state index contributed by atoms with van der Waals surface area (Å²) in [6.45, 7) is 0. The highest BCUT2D eigenvalue weighted by Crippen LogP contribution is 2.37. The van der Waals surface area contributed by atoms with Crippen LogP contribution in [-0.2, 0) is 0 Å². The van der Waals surface area contributed by atoms with Crippen LogP contribution in [0.3, 0.4) is 0 Å². The number of amides is 1. The molecule has 1 aromatic carbocycles. The van der Waals surface area contributed by atoms with Crippen LogP contribution in [-0.4, -0.2) is 34.3 Å². The molecule has 3 rings (SSSR count). The van der Waals surface area contributed by atoms with Crippen LogP contribution in [0.15, 0.2) is 24.3 Å². The van der Waals surface area contributed by atoms with E-state index < -0.39 is 6.09 Å². The number of rotatable bonds is 2. The zero-order valence-corrected chi connectivity index (χ0v) is 11.2. The molecule has 2 fully saturated rings. The largest absolute Gasteiger partial charge is 0.490 e. The van der Waals surface area contributed by atoms with Crippen LogP contribution < -0.4 is 4.74 Å². The van der Waals surface area contributed by atoms with Crippen LogP contribution in [0.2, 0.25) is 5.02 Å². The molecule has 3 atom stereocenters. The van der Waals surface area contributed by atoms with Crippen molar-refractivity contribution in [2.24, 2.45) is 0 Å². The maximum Gasteiger partial charge on any atom is 0.407 e. The maximum absolute atomic E-state index is 11.2. The van der Waals surface area contributed by atoms with Gasteiger partial charge in [-0.25, -0.2) is 4.79 Å². The van der Waals surface area contributed by atoms with Crippen LogP contribution in [0, 0.1) is 0 Å². The van der Waals surface area contributed by atoms with Gasteiger partial charge >= 0.3 is 6.09 Å². The first kappa shape index (κ1) is 12.6. The minimum atomic E-state index is -0.794. The summed E-state index contributed by atoms with van der Waals surface area (Å²) < 4.78 is 5.94. The van der Waals surface area contributed by atoms with E-state index in [-0.39, 0.29) is 18.2 Å². The number of fused-ring (bicyclic) bond motifs is 2. The van der Waals surface area contributed by atoms with E-state index >= 15 is 0 Å². The SMILES string of the molecule is O=C(O)N1[C@@H]2CC[C@H]1CC(Oc1ccc(Cl)cc1)C2. The van der Waals surface area contributed by atoms with Gasteiger partial charge in [-0.15, -0.1) is 0 Å². The first-order chi connectivity index (χ1) is 9.13. The molecule has 0 spiro atoms. The average Bonchev–Trinajstić information content (AvgIpc) is 2.65. The summed E-state index contributed by atoms with van der Waals surface area (Å²) in [5, 5.41) is 9.88. The Bertz CT molecular complexity index is 462. The van der Waals surface area contributed by atoms with Gasteiger partial charge < -0.3 is 14.7 Å². The molecule has 0 saturated carbocycles. The molecule has 1 amide bonds. The first-order valence-electron chi connectivity index (χ1n) is 6.57. The third kappa shape index (κ3) is 2.50. The Kier molecular flexibility index (Phi) is 3.27. The molecule has 19 heavy (non-hydrogen) atoms. The Morgan fingerprint density at radius 3 is 2.32 bits per heavy atom. The predicted molar refractivity (Wildman–Crippen MR) is 71.8 cm³/mol. The summed E-state index contributed by atoms with van der Waals surface area (Å²) in [5.74, 6) is 0.803. The summed E-state index contributed by atoms with van der Waals surface area (Å²) in [4.78, 5) is 12.8. The Balaban J connectivity index is 1.66. The Morgan fingerprint density at radius 2 is 1.79 bits per heavy atom. The van der Waals surface area contributed by atoms with Crippen molar-refractivity contribution in [3.63, 3.8) is 0 Å². The van der Waals surface area contributed by atoms with Gasteiger partial charge in [-0.1, -0.05) is 11.6 Å². The second kappa shape index (κ2) is 4.93. The fourth-order valence-corrected chi connectivity index (χ4v) is 3.37. The lowest BCUT2D eigenvalue weighted by molar-refractivity contribution is 0.0496. The zero-order chi connectivity index (χ0) is 13.4. The lowest BCUT2D eigenvalue weighted by atomic mass is 10.0. The lowest BCUT2D eigenvalue weighted by Crippen LogP contribution is -2.48. The van der Waals surface area contributed by atoms with Gasteiger partial charge in [-0.3, -0.25) is 0 Å². The van der Waals surface area contributed by atoms with Crippen LogP contribution in [0.5, 0.6) is 5.75 Å². The molecule has 2 heterocycles. The van der Waals surface area contributed by atoms with Crippen molar-refractivity contribution >= 4 is 17.7 Å². The summed E-state index contributed by atoms with van der Waals surface area (Å²) in [6.07, 6.45) is 2.79. The molecule has 0 aromatic heterocycles. The smallest absolute Gasteiger partial charge is 0.407 e. The van der Waals surface area contributed by atoms with E-state index in [0.717, 1.165) is 31.4 Å². The minimum Gasteiger partial charge on any atom is -0.490 e. The van der Waals surface area contributed by atoms with Gasteiger partial charge in [0, 0.05) is 29.9 Å². The summed E-state index contributed by atoms with van der Waals surface area (Å²) >= 11 is 5.84. The van der Waals surface area contributed by atoms with E-state index in [1.165, 1.54) is 0 Å². The molecule has 1 N–H and O–H groups in total. The minimum absolute atomic E-state index is 0.106. The third-order valence-electron chi connectivity index (χ3n) is 4.03. The second-order valence-corrected chi connectivity index (χ2v) is 5.68. The molecule has 102 valence electrons. The van der Waals surface area contributed by atoms with Crippen molar-refractivity contribution in [2.45, 2.75) is 43.9 Å². The fraction of sp³-hybridized carbons (Fsp3) is 0.500. The van der Waals surface area contributed by atoms with E-state index in [0.29, 0.717) is 5.02 Å². The molecule has 2 aliphatic rings. The molecule has 0 aliphatic carbocycles. The number of hydrogen-bond donors (Lipinski definition) is 1. The van der Waals surface area contributed by atoms with E-state index in [9.17, 15) is 9.90 Å². The number of ether oxygens (including phenoxy) is 1. The van der Waals surface area contributed by atoms with Crippen molar-refractivity contribution in [2.75, 3.05) is 0 Å². The van der Waals surface area contributed by atoms with Crippen LogP contribution in [0.25, 0.3) is 0 Å². The molecule has 1 aromatic rings. The Labute approximate surface area is 116 Å². The zero-order valence-electron chi connectivity index (χ0n) is 10.5. The van der Waals surface area contributed by atoms with Crippen molar-refractivity contribution in [3.8, 4) is 5.75 Å². The molecule has 0 radical (unpaired) electrons. The number of carbonyl (C=O) groups is 1. The first-order valence-corrected chi connectivity index (χ1v) is 6.95. The fourth-order valence-electron chi connectivity index (χ4n) is 3.24. The highest BCUT2D eigenvalue weighted by atomic mass is 35.5. The molecular weight excluding hydrogens is 266 g/mol. The predicted octanol–water partition coefficient (Wildman–Crippen LogP) is 3.39. The van der Waals surface area contributed by atoms with Gasteiger partial charge in [-0.05, 0) is 37.1 Å². The van der Waals surface area contributed by atoms with Crippen molar-refractivity contribution in [3.05, 3.63) is 29.3 Å². The molecule has 1 unspecified atom stereocenters. The van der Waals surface area contributed by atoms with Crippen LogP contribution in [0.1, 0.15) is 25.7 Å². The van der Waals surface area contributed by atoms with E-state index in [4.69, 9.17) is 16.3 Å². The molecule has 5 heteroatoms. The number of halogens is 1. The summed E-state index contributed by atoms with van der Waals surface area (Å²) in [5.41, 5.74) is 0. The molecule has 4 nitrogen and oxygen atoms in total. The quantitative estimate of drug-likeness (QED) is 0.904. The van der Waals surface area contributed by atoms with Gasteiger partial charge in [0.15, 0.2) is 0 Å². The average molecular weight is 282 g/mol. The van der Waals surface area contributed by atoms with Gasteiger partial charge in [0.05, 0.1) is 0 Å². The van der Waals surface area contributed by atoms with Gasteiger partial charge in [0.25, 0.3) is 0 Å². The lowest BCUT2D eigenvalue weighted by Gasteiger charge is -2.37. The number of nitrogens with zero attached hydrogens (tertiary/aromatic N) is 1. The monoisotopic (exact) mass is 281 g/mol. The number of carboxylic acid groups (broad SMARTS) is 1. The topological polar surface area (TPSA) is 49.8 Å². The van der Waals surface area contributed by atoms with Gasteiger partial charge in [0.2, 0.25) is 0 Å². The molecule has 2 saturated heterocycles. The van der Waals surface area contributed by atoms with Crippen molar-refractivity contribution < 1.29 is 14.6 Å². The van der Waals surface area contributed by atoms with E-state index in [2.05, 4.69) is 0 Å². The third-order valence-corrected chi connectivity index (χ3v) is 4.28. The molecular formula is C14H16ClNO3. The van der Waals surface area contributed by atoms with E-state index in [1.54, 1.807) is 17.0 Å². The molecule has 2 bridgehead atoms.